The molecule has 708 valence electrons. The molecule has 0 atom stereocenters. The molecule has 0 saturated heterocycles. The van der Waals surface area contributed by atoms with Crippen molar-refractivity contribution < 1.29 is 35.1 Å². The van der Waals surface area contributed by atoms with Gasteiger partial charge in [0.05, 0.1) is 116 Å². The van der Waals surface area contributed by atoms with Gasteiger partial charge in [-0.25, -0.2) is 35.1 Å². The molecule has 0 aliphatic heterocycles. The summed E-state index contributed by atoms with van der Waals surface area (Å²) in [4.78, 5) is 27.1. The van der Waals surface area contributed by atoms with Crippen LogP contribution in [-0.4, -0.2) is 91.1 Å². The monoisotopic (exact) mass is 1930 g/mol. The number of aromatic amines is 6. The van der Waals surface area contributed by atoms with Gasteiger partial charge in [0.2, 0.25) is 0 Å². The minimum atomic E-state index is -0.883. The van der Waals surface area contributed by atoms with Crippen LogP contribution in [0.3, 0.4) is 0 Å². The van der Waals surface area contributed by atoms with Gasteiger partial charge >= 0.3 is 0 Å². The molecule has 144 heavy (non-hydrogen) atoms. The van der Waals surface area contributed by atoms with Gasteiger partial charge in [0.1, 0.15) is 34.9 Å². The molecule has 6 N–H and O–H groups in total. The maximum Gasteiger partial charge on any atom is 0.159 e. The van der Waals surface area contributed by atoms with E-state index in [4.69, 9.17) is 16.6 Å². The fourth-order valence-electron chi connectivity index (χ4n) is 17.1. The van der Waals surface area contributed by atoms with Gasteiger partial charge in [-0.3, -0.25) is 60.5 Å². The topological polar surface area (TPSA) is 249 Å². The molecule has 0 fully saturated rings. The van der Waals surface area contributed by atoms with Crippen LogP contribution in [0, 0.1) is 109 Å². The van der Waals surface area contributed by atoms with Crippen molar-refractivity contribution in [2.24, 2.45) is 0 Å². The van der Waals surface area contributed by atoms with Gasteiger partial charge in [0.15, 0.2) is 11.6 Å². The van der Waals surface area contributed by atoms with Crippen molar-refractivity contribution in [3.05, 3.63) is 431 Å². The zero-order valence-electron chi connectivity index (χ0n) is 78.9. The first-order chi connectivity index (χ1) is 69.7. The number of nitrogens with zero attached hydrogens (tertiary/aromatic N) is 12. The minimum absolute atomic E-state index is 0.201. The molecule has 0 unspecified atom stereocenters. The lowest BCUT2D eigenvalue weighted by Crippen LogP contribution is -1.93. The average molecular weight is 1930 g/mol. The van der Waals surface area contributed by atoms with Crippen LogP contribution in [0.4, 0.5) is 35.1 Å². The van der Waals surface area contributed by atoms with Gasteiger partial charge in [-0.2, -0.15) is 30.6 Å². The molecule has 12 aromatic heterocycles. The summed E-state index contributed by atoms with van der Waals surface area (Å²) < 4.78 is 109. The maximum absolute atomic E-state index is 13.8. The second-order valence-electron chi connectivity index (χ2n) is 35.2. The predicted octanol–water partition coefficient (Wildman–Crippen LogP) is 30.3. The SMILES string of the molecule is Cc1cc(-c2ncc(Cl)cc2-c2ccc3[nH]ncc3c2)ccc1F.Cc1cc(-c2ncc(F)cc2-c2ccc3[nH]ncc3c2)ccc1F.Cc1ccc(-c2ccc3[nH]ncc3c2)c(-c2ccc(F)c(C)c2)n1.Cc1cnc(-c2ccc(F)c(C)c2)c(-c2ccc3[nH]ncc3c2)c1.Cc1cnc(-c2ccc(F)c(C)c2)c(-c2ccc3[nH]ncc3c2)c1.Cc1cnc(-c2ccc(F)c(F)c2)c(-c2ccc3[nH]ncc3c2)c1. The fourth-order valence-corrected chi connectivity index (χ4v) is 17.3. The first-order valence-electron chi connectivity index (χ1n) is 45.8. The highest BCUT2D eigenvalue weighted by Crippen LogP contribution is 2.42. The van der Waals surface area contributed by atoms with Crippen LogP contribution in [0.25, 0.3) is 200 Å². The van der Waals surface area contributed by atoms with Gasteiger partial charge in [0.25, 0.3) is 0 Å². The van der Waals surface area contributed by atoms with Crippen molar-refractivity contribution in [2.45, 2.75) is 62.3 Å². The van der Waals surface area contributed by atoms with Crippen LogP contribution in [0.1, 0.15) is 50.2 Å². The lowest BCUT2D eigenvalue weighted by Gasteiger charge is -2.11. The van der Waals surface area contributed by atoms with Crippen LogP contribution in [0.15, 0.2) is 329 Å². The molecule has 0 aliphatic rings. The molecule has 0 aliphatic carbocycles. The Labute approximate surface area is 825 Å². The van der Waals surface area contributed by atoms with E-state index in [-0.39, 0.29) is 29.1 Å². The third-order valence-corrected chi connectivity index (χ3v) is 24.9. The van der Waals surface area contributed by atoms with E-state index in [1.54, 1.807) is 108 Å². The number of aryl methyl sites for hydroxylation is 9. The summed E-state index contributed by atoms with van der Waals surface area (Å²) in [5.41, 5.74) is 33.8. The van der Waals surface area contributed by atoms with Gasteiger partial charge in [-0.15, -0.1) is 0 Å². The molecule has 0 spiro atoms. The van der Waals surface area contributed by atoms with Crippen molar-refractivity contribution >= 4 is 77.0 Å². The quantitative estimate of drug-likeness (QED) is 0.0625. The number of hydrogen-bond acceptors (Lipinski definition) is 12. The molecule has 0 amide bonds. The number of pyridine rings is 6. The first-order valence-corrected chi connectivity index (χ1v) is 46.2. The Morgan fingerprint density at radius 2 is 0.438 bits per heavy atom. The van der Waals surface area contributed by atoms with Crippen molar-refractivity contribution in [3.8, 4) is 134 Å². The first kappa shape index (κ1) is 95.0. The van der Waals surface area contributed by atoms with E-state index >= 15 is 0 Å². The molecule has 0 bridgehead atoms. The van der Waals surface area contributed by atoms with E-state index in [1.165, 1.54) is 54.7 Å². The average Bonchev–Trinajstić information content (AvgIpc) is 1.35. The number of aromatic nitrogens is 18. The van der Waals surface area contributed by atoms with E-state index in [9.17, 15) is 35.1 Å². The zero-order valence-corrected chi connectivity index (χ0v) is 79.7. The Kier molecular flexibility index (Phi) is 27.2. The summed E-state index contributed by atoms with van der Waals surface area (Å²) in [6.45, 7) is 16.7. The van der Waals surface area contributed by atoms with E-state index in [0.717, 1.165) is 206 Å². The highest BCUT2D eigenvalue weighted by atomic mass is 35.5. The van der Waals surface area contributed by atoms with Crippen molar-refractivity contribution in [3.63, 3.8) is 0 Å². The second kappa shape index (κ2) is 41.3. The van der Waals surface area contributed by atoms with Gasteiger partial charge < -0.3 is 0 Å². The summed E-state index contributed by atoms with van der Waals surface area (Å²) in [6, 6.07) is 78.6. The third-order valence-electron chi connectivity index (χ3n) is 24.7. The molecular formula is C117H87ClF8N18. The second-order valence-corrected chi connectivity index (χ2v) is 35.6. The van der Waals surface area contributed by atoms with Crippen LogP contribution in [0.2, 0.25) is 5.02 Å². The number of halogens is 9. The Balaban J connectivity index is 0.000000109. The van der Waals surface area contributed by atoms with E-state index in [1.807, 2.05) is 174 Å². The van der Waals surface area contributed by atoms with E-state index < -0.39 is 17.5 Å². The summed E-state index contributed by atoms with van der Waals surface area (Å²) in [6.07, 6.45) is 18.8. The van der Waals surface area contributed by atoms with Crippen LogP contribution in [0.5, 0.6) is 0 Å². The van der Waals surface area contributed by atoms with Crippen molar-refractivity contribution in [1.29, 1.82) is 0 Å². The van der Waals surface area contributed by atoms with E-state index in [2.05, 4.69) is 135 Å². The van der Waals surface area contributed by atoms with Gasteiger partial charge in [-0.1, -0.05) is 54.1 Å². The lowest BCUT2D eigenvalue weighted by molar-refractivity contribution is 0.509. The fraction of sp³-hybridized carbons (Fsp3) is 0.0769. The number of nitrogens with one attached hydrogen (secondary N) is 6. The summed E-state index contributed by atoms with van der Waals surface area (Å²) in [5, 5.41) is 48.5. The molecule has 0 saturated carbocycles. The third kappa shape index (κ3) is 20.9. The normalized spacial score (nSPS) is 11.1. The largest absolute Gasteiger partial charge is 0.278 e. The van der Waals surface area contributed by atoms with E-state index in [0.29, 0.717) is 55.4 Å². The number of hydrogen-bond donors (Lipinski definition) is 6. The lowest BCUT2D eigenvalue weighted by atomic mass is 9.96. The van der Waals surface area contributed by atoms with Gasteiger partial charge in [0, 0.05) is 130 Å². The number of fused-ring (bicyclic) bond motifs is 6. The standard InChI is InChI=1S/3C20H16FN3.C19H13ClFN3.2C19H13F2N3/c1-12-9-15(4-7-18(12)21)20-17(6-3-13(2)23-20)14-5-8-19-16(10-14)11-22-24-19;2*1-12-7-17(14-4-6-19-16(9-14)11-23-24-19)20(22-10-12)15-3-5-18(21)13(2)8-15;2*1-11-6-13(2-4-17(11)21)19-16(8-15(20)10-22-19)12-3-5-18-14(7-12)9-23-24-18;1-11-6-15(12-3-5-18-14(7-12)10-23-24-18)19(22-9-11)13-2-4-16(20)17(21)8-13/h3-11H,1-2H3,(H,22,24);2*3-11H,1-2H3,(H,23,24);3*2-10H,1H3,(H,23,24). The molecular weight excluding hydrogens is 1840 g/mol. The zero-order chi connectivity index (χ0) is 100. The minimum Gasteiger partial charge on any atom is -0.278 e. The highest BCUT2D eigenvalue weighted by molar-refractivity contribution is 6.31. The molecule has 27 heteroatoms. The molecule has 18 nitrogen and oxygen atoms in total. The molecule has 12 aromatic carbocycles. The Morgan fingerprint density at radius 3 is 0.729 bits per heavy atom. The summed E-state index contributed by atoms with van der Waals surface area (Å²) in [7, 11) is 0. The molecule has 0 radical (unpaired) electrons. The predicted molar refractivity (Wildman–Crippen MR) is 556 cm³/mol. The number of benzene rings is 12. The molecule has 12 heterocycles. The maximum atomic E-state index is 13.8. The van der Waals surface area contributed by atoms with Crippen LogP contribution in [-0.2, 0) is 0 Å². The van der Waals surface area contributed by atoms with Crippen LogP contribution < -0.4 is 0 Å². The van der Waals surface area contributed by atoms with Crippen LogP contribution >= 0.6 is 11.6 Å². The Bertz CT molecular complexity index is 7980. The van der Waals surface area contributed by atoms with Crippen molar-refractivity contribution in [2.75, 3.05) is 0 Å². The molecule has 24 rings (SSSR count). The Hall–Kier alpha value is -17.9. The Morgan fingerprint density at radius 1 is 0.194 bits per heavy atom. The smallest absolute Gasteiger partial charge is 0.159 e. The molecule has 24 aromatic rings. The summed E-state index contributed by atoms with van der Waals surface area (Å²) in [5.74, 6) is -3.28. The number of rotatable bonds is 12. The van der Waals surface area contributed by atoms with Crippen molar-refractivity contribution in [1.82, 2.24) is 91.1 Å². The highest BCUT2D eigenvalue weighted by Gasteiger charge is 2.22. The number of H-pyrrole nitrogens is 6. The summed E-state index contributed by atoms with van der Waals surface area (Å²) >= 11 is 6.17. The van der Waals surface area contributed by atoms with Gasteiger partial charge in [-0.05, 0) is 359 Å².